The van der Waals surface area contributed by atoms with Crippen molar-refractivity contribution >= 4 is 17.6 Å². The number of benzene rings is 1. The van der Waals surface area contributed by atoms with Crippen molar-refractivity contribution in [3.05, 3.63) is 52.3 Å². The first-order chi connectivity index (χ1) is 11.7. The molecule has 1 atom stereocenters. The number of amides is 1. The lowest BCUT2D eigenvalue weighted by Gasteiger charge is -2.08. The van der Waals surface area contributed by atoms with Crippen molar-refractivity contribution in [3.63, 3.8) is 0 Å². The number of ether oxygens (including phenoxy) is 1. The number of halogens is 2. The minimum absolute atomic E-state index is 0.123. The Morgan fingerprint density at radius 1 is 1.32 bits per heavy atom. The summed E-state index contributed by atoms with van der Waals surface area (Å²) in [4.78, 5) is 26.6. The van der Waals surface area contributed by atoms with E-state index in [0.29, 0.717) is 16.8 Å². The summed E-state index contributed by atoms with van der Waals surface area (Å²) in [6.07, 6.45) is -0.767. The third-order valence-corrected chi connectivity index (χ3v) is 3.65. The average Bonchev–Trinajstić information content (AvgIpc) is 2.83. The Kier molecular flexibility index (Phi) is 5.53. The molecule has 2 aromatic rings. The molecule has 8 heteroatoms. The van der Waals surface area contributed by atoms with Crippen LogP contribution in [0.25, 0.3) is 0 Å². The van der Waals surface area contributed by atoms with Crippen molar-refractivity contribution in [1.82, 2.24) is 4.98 Å². The third kappa shape index (κ3) is 4.21. The van der Waals surface area contributed by atoms with Gasteiger partial charge in [-0.1, -0.05) is 0 Å². The molecule has 0 saturated carbocycles. The van der Waals surface area contributed by atoms with E-state index in [4.69, 9.17) is 4.74 Å². The zero-order chi connectivity index (χ0) is 18.7. The van der Waals surface area contributed by atoms with Gasteiger partial charge in [0.1, 0.15) is 17.3 Å². The Morgan fingerprint density at radius 2 is 2.00 bits per heavy atom. The van der Waals surface area contributed by atoms with E-state index in [0.717, 1.165) is 18.2 Å². The molecule has 0 unspecified atom stereocenters. The molecule has 0 aliphatic carbocycles. The van der Waals surface area contributed by atoms with E-state index >= 15 is 0 Å². The highest BCUT2D eigenvalue weighted by Gasteiger charge is 2.21. The fraction of sp³-hybridized carbons (Fsp3) is 0.294. The number of nitrogens with one attached hydrogen (secondary N) is 2. The minimum Gasteiger partial charge on any atom is -0.451 e. The molecule has 0 aliphatic heterocycles. The van der Waals surface area contributed by atoms with Gasteiger partial charge in [-0.25, -0.2) is 13.6 Å². The Balaban J connectivity index is 2.01. The minimum atomic E-state index is -0.811. The fourth-order valence-corrected chi connectivity index (χ4v) is 2.58. The highest BCUT2D eigenvalue weighted by molar-refractivity contribution is 5.95. The number of anilines is 1. The first-order valence-corrected chi connectivity index (χ1v) is 7.49. The zero-order valence-corrected chi connectivity index (χ0v) is 13.9. The van der Waals surface area contributed by atoms with Gasteiger partial charge in [-0.2, -0.15) is 0 Å². The zero-order valence-electron chi connectivity index (χ0n) is 13.9. The third-order valence-electron chi connectivity index (χ3n) is 3.65. The quantitative estimate of drug-likeness (QED) is 0.722. The molecular weight excluding hydrogens is 334 g/mol. The summed E-state index contributed by atoms with van der Waals surface area (Å²) < 4.78 is 31.4. The summed E-state index contributed by atoms with van der Waals surface area (Å²) in [5.41, 5.74) is 1.50. The second kappa shape index (κ2) is 7.43. The van der Waals surface area contributed by atoms with Gasteiger partial charge in [0.25, 0.3) is 5.91 Å². The Bertz CT molecular complexity index is 815. The molecule has 1 heterocycles. The Morgan fingerprint density at radius 3 is 2.60 bits per heavy atom. The maximum atomic E-state index is 13.5. The van der Waals surface area contributed by atoms with Gasteiger partial charge in [0.15, 0.2) is 6.61 Å². The molecule has 25 heavy (non-hydrogen) atoms. The molecular formula is C17H18F2N2O4. The lowest BCUT2D eigenvalue weighted by atomic mass is 10.1. The van der Waals surface area contributed by atoms with Crippen molar-refractivity contribution < 1.29 is 28.2 Å². The van der Waals surface area contributed by atoms with E-state index in [1.807, 2.05) is 0 Å². The summed E-state index contributed by atoms with van der Waals surface area (Å²) in [6, 6.07) is 2.61. The van der Waals surface area contributed by atoms with Crippen molar-refractivity contribution in [3.8, 4) is 0 Å². The SMILES string of the molecule is Cc1[nH]c(C(=O)OCC(=O)Nc2cc(F)ccc2F)c(C)c1[C@@H](C)O. The van der Waals surface area contributed by atoms with E-state index in [1.165, 1.54) is 0 Å². The highest BCUT2D eigenvalue weighted by atomic mass is 19.1. The van der Waals surface area contributed by atoms with Crippen LogP contribution in [0.5, 0.6) is 0 Å². The summed E-state index contributed by atoms with van der Waals surface area (Å²) in [6.45, 7) is 4.24. The van der Waals surface area contributed by atoms with Crippen LogP contribution in [0.2, 0.25) is 0 Å². The molecule has 0 saturated heterocycles. The van der Waals surface area contributed by atoms with Crippen LogP contribution >= 0.6 is 0 Å². The topological polar surface area (TPSA) is 91.4 Å². The molecule has 1 aromatic heterocycles. The average molecular weight is 352 g/mol. The number of aromatic nitrogens is 1. The number of aryl methyl sites for hydroxylation is 1. The predicted molar refractivity (Wildman–Crippen MR) is 86.2 cm³/mol. The van der Waals surface area contributed by atoms with Crippen LogP contribution in [-0.2, 0) is 9.53 Å². The standard InChI is InChI=1S/C17H18F2N2O4/c1-8-15(10(3)22)9(2)20-16(8)17(24)25-7-14(23)21-13-6-11(18)4-5-12(13)19/h4-6,10,20,22H,7H2,1-3H3,(H,21,23)/t10-/m1/s1. The number of hydrogen-bond donors (Lipinski definition) is 3. The van der Waals surface area contributed by atoms with Crippen LogP contribution in [-0.4, -0.2) is 28.6 Å². The fourth-order valence-electron chi connectivity index (χ4n) is 2.58. The second-order valence-corrected chi connectivity index (χ2v) is 5.59. The Labute approximate surface area is 142 Å². The summed E-state index contributed by atoms with van der Waals surface area (Å²) in [5.74, 6) is -3.12. The van der Waals surface area contributed by atoms with E-state index in [-0.39, 0.29) is 11.4 Å². The predicted octanol–water partition coefficient (Wildman–Crippen LogP) is 2.76. The van der Waals surface area contributed by atoms with Gasteiger partial charge in [-0.05, 0) is 38.5 Å². The van der Waals surface area contributed by atoms with Crippen LogP contribution in [0.3, 0.4) is 0 Å². The molecule has 0 bridgehead atoms. The normalized spacial score (nSPS) is 11.9. The number of carbonyl (C=O) groups is 2. The van der Waals surface area contributed by atoms with E-state index < -0.39 is 36.2 Å². The lowest BCUT2D eigenvalue weighted by molar-refractivity contribution is -0.119. The van der Waals surface area contributed by atoms with Crippen molar-refractivity contribution in [2.24, 2.45) is 0 Å². The Hall–Kier alpha value is -2.74. The number of rotatable bonds is 5. The molecule has 1 aromatic carbocycles. The molecule has 0 fully saturated rings. The summed E-state index contributed by atoms with van der Waals surface area (Å²) in [5, 5.41) is 11.8. The van der Waals surface area contributed by atoms with Gasteiger partial charge in [-0.15, -0.1) is 0 Å². The number of aromatic amines is 1. The summed E-state index contributed by atoms with van der Waals surface area (Å²) >= 11 is 0. The van der Waals surface area contributed by atoms with E-state index in [2.05, 4.69) is 10.3 Å². The van der Waals surface area contributed by atoms with E-state index in [9.17, 15) is 23.5 Å². The number of aliphatic hydroxyl groups is 1. The molecule has 0 spiro atoms. The molecule has 134 valence electrons. The smallest absolute Gasteiger partial charge is 0.355 e. The second-order valence-electron chi connectivity index (χ2n) is 5.59. The first kappa shape index (κ1) is 18.6. The maximum absolute atomic E-state index is 13.5. The summed E-state index contributed by atoms with van der Waals surface area (Å²) in [7, 11) is 0. The monoisotopic (exact) mass is 352 g/mol. The number of carbonyl (C=O) groups excluding carboxylic acids is 2. The van der Waals surface area contributed by atoms with Crippen molar-refractivity contribution in [2.75, 3.05) is 11.9 Å². The number of hydrogen-bond acceptors (Lipinski definition) is 4. The molecule has 0 radical (unpaired) electrons. The van der Waals surface area contributed by atoms with Crippen LogP contribution < -0.4 is 5.32 Å². The van der Waals surface area contributed by atoms with Gasteiger partial charge in [0.05, 0.1) is 11.8 Å². The van der Waals surface area contributed by atoms with Gasteiger partial charge in [-0.3, -0.25) is 4.79 Å². The van der Waals surface area contributed by atoms with Gasteiger partial charge < -0.3 is 20.1 Å². The van der Waals surface area contributed by atoms with Crippen molar-refractivity contribution in [1.29, 1.82) is 0 Å². The molecule has 6 nitrogen and oxygen atoms in total. The van der Waals surface area contributed by atoms with E-state index in [1.54, 1.807) is 20.8 Å². The van der Waals surface area contributed by atoms with Crippen molar-refractivity contribution in [2.45, 2.75) is 26.9 Å². The van der Waals surface area contributed by atoms with Crippen LogP contribution in [0.1, 0.15) is 40.3 Å². The van der Waals surface area contributed by atoms with Crippen LogP contribution in [0, 0.1) is 25.5 Å². The van der Waals surface area contributed by atoms with Gasteiger partial charge in [0.2, 0.25) is 0 Å². The molecule has 1 amide bonds. The van der Waals surface area contributed by atoms with Crippen LogP contribution in [0.4, 0.5) is 14.5 Å². The molecule has 0 aliphatic rings. The van der Waals surface area contributed by atoms with Crippen LogP contribution in [0.15, 0.2) is 18.2 Å². The lowest BCUT2D eigenvalue weighted by Crippen LogP contribution is -2.22. The first-order valence-electron chi connectivity index (χ1n) is 7.49. The molecule has 3 N–H and O–H groups in total. The number of esters is 1. The van der Waals surface area contributed by atoms with Gasteiger partial charge >= 0.3 is 5.97 Å². The van der Waals surface area contributed by atoms with Gasteiger partial charge in [0, 0.05) is 17.3 Å². The maximum Gasteiger partial charge on any atom is 0.355 e. The number of H-pyrrole nitrogens is 1. The largest absolute Gasteiger partial charge is 0.451 e. The highest BCUT2D eigenvalue weighted by Crippen LogP contribution is 2.24. The number of aliphatic hydroxyl groups excluding tert-OH is 1. The molecule has 2 rings (SSSR count).